The van der Waals surface area contributed by atoms with Crippen molar-refractivity contribution in [2.24, 2.45) is 0 Å². The molecule has 27 heavy (non-hydrogen) atoms. The van der Waals surface area contributed by atoms with E-state index < -0.39 is 16.7 Å². The lowest BCUT2D eigenvalue weighted by atomic mass is 10.1. The summed E-state index contributed by atoms with van der Waals surface area (Å²) >= 11 is 0. The van der Waals surface area contributed by atoms with E-state index in [1.54, 1.807) is 13.0 Å². The van der Waals surface area contributed by atoms with Crippen LogP contribution < -0.4 is 9.47 Å². The molecule has 0 fully saturated rings. The molecule has 140 valence electrons. The number of methoxy groups -OCH3 is 1. The number of non-ortho nitro benzene ring substituents is 1. The average molecular weight is 378 g/mol. The van der Waals surface area contributed by atoms with Gasteiger partial charge in [0.25, 0.3) is 5.69 Å². The van der Waals surface area contributed by atoms with Gasteiger partial charge < -0.3 is 9.47 Å². The zero-order valence-corrected chi connectivity index (χ0v) is 14.2. The molecule has 3 rings (SSSR count). The summed E-state index contributed by atoms with van der Waals surface area (Å²) in [7, 11) is 1.29. The van der Waals surface area contributed by atoms with E-state index >= 15 is 0 Å². The first-order valence-electron chi connectivity index (χ1n) is 7.68. The molecule has 0 radical (unpaired) electrons. The number of aromatic nitrogens is 1. The van der Waals surface area contributed by atoms with Gasteiger partial charge >= 0.3 is 6.18 Å². The molecular weight excluding hydrogens is 365 g/mol. The zero-order valence-electron chi connectivity index (χ0n) is 14.2. The number of pyridine rings is 1. The number of fused-ring (bicyclic) bond motifs is 1. The fourth-order valence-corrected chi connectivity index (χ4v) is 2.67. The number of aryl methyl sites for hydroxylation is 1. The van der Waals surface area contributed by atoms with Crippen LogP contribution in [0.2, 0.25) is 0 Å². The predicted molar refractivity (Wildman–Crippen MR) is 91.2 cm³/mol. The summed E-state index contributed by atoms with van der Waals surface area (Å²) in [4.78, 5) is 14.8. The second-order valence-corrected chi connectivity index (χ2v) is 5.66. The minimum Gasteiger partial charge on any atom is -0.493 e. The first kappa shape index (κ1) is 18.4. The normalized spacial score (nSPS) is 11.4. The molecule has 3 aromatic rings. The molecule has 1 aromatic heterocycles. The monoisotopic (exact) mass is 378 g/mol. The van der Waals surface area contributed by atoms with Gasteiger partial charge in [-0.05, 0) is 36.8 Å². The third kappa shape index (κ3) is 3.48. The number of nitro groups is 1. The number of hydrogen-bond donors (Lipinski definition) is 0. The van der Waals surface area contributed by atoms with Gasteiger partial charge in [0.2, 0.25) is 0 Å². The first-order chi connectivity index (χ1) is 12.7. The summed E-state index contributed by atoms with van der Waals surface area (Å²) in [5.74, 6) is -0.00716. The number of nitro benzene ring substituents is 1. The maximum Gasteiger partial charge on any atom is 0.416 e. The Kier molecular flexibility index (Phi) is 4.61. The van der Waals surface area contributed by atoms with Crippen molar-refractivity contribution in [1.29, 1.82) is 0 Å². The van der Waals surface area contributed by atoms with Crippen molar-refractivity contribution in [3.05, 3.63) is 63.8 Å². The summed E-state index contributed by atoms with van der Waals surface area (Å²) < 4.78 is 49.7. The quantitative estimate of drug-likeness (QED) is 0.457. The van der Waals surface area contributed by atoms with Crippen molar-refractivity contribution < 1.29 is 27.6 Å². The lowest BCUT2D eigenvalue weighted by Gasteiger charge is -2.15. The summed E-state index contributed by atoms with van der Waals surface area (Å²) in [6.45, 7) is 1.69. The van der Waals surface area contributed by atoms with Crippen LogP contribution >= 0.6 is 0 Å². The average Bonchev–Trinajstić information content (AvgIpc) is 2.61. The Hall–Kier alpha value is -3.36. The Morgan fingerprint density at radius 2 is 1.93 bits per heavy atom. The van der Waals surface area contributed by atoms with E-state index in [0.717, 1.165) is 18.2 Å². The smallest absolute Gasteiger partial charge is 0.416 e. The highest BCUT2D eigenvalue weighted by Crippen LogP contribution is 2.44. The maximum atomic E-state index is 12.9. The molecule has 0 bridgehead atoms. The van der Waals surface area contributed by atoms with Crippen LogP contribution in [-0.2, 0) is 6.18 Å². The molecular formula is C18H13F3N2O4. The summed E-state index contributed by atoms with van der Waals surface area (Å²) in [6.07, 6.45) is -3.12. The van der Waals surface area contributed by atoms with Gasteiger partial charge in [0, 0.05) is 6.20 Å². The van der Waals surface area contributed by atoms with Gasteiger partial charge in [-0.25, -0.2) is 4.98 Å². The molecule has 6 nitrogen and oxygen atoms in total. The fraction of sp³-hybridized carbons (Fsp3) is 0.167. The lowest BCUT2D eigenvalue weighted by molar-refractivity contribution is -0.383. The second-order valence-electron chi connectivity index (χ2n) is 5.66. The number of alkyl halides is 3. The molecule has 0 saturated heterocycles. The lowest BCUT2D eigenvalue weighted by Crippen LogP contribution is -2.04. The van der Waals surface area contributed by atoms with Gasteiger partial charge in [0.05, 0.1) is 29.0 Å². The van der Waals surface area contributed by atoms with Crippen molar-refractivity contribution in [2.45, 2.75) is 13.1 Å². The van der Waals surface area contributed by atoms with Gasteiger partial charge in [-0.2, -0.15) is 13.2 Å². The standard InChI is InChI=1S/C18H13F3N2O4/c1-10-6-7-22-16-13(23(24)25)9-14(26-2)17(15(10)16)27-12-5-3-4-11(8-12)18(19,20)21/h3-9H,1-2H3. The maximum absolute atomic E-state index is 12.9. The Labute approximate surface area is 151 Å². The van der Waals surface area contributed by atoms with E-state index in [-0.39, 0.29) is 28.5 Å². The molecule has 1 heterocycles. The molecule has 0 atom stereocenters. The number of benzene rings is 2. The van der Waals surface area contributed by atoms with Gasteiger partial charge in [-0.1, -0.05) is 6.07 Å². The van der Waals surface area contributed by atoms with Crippen LogP contribution in [0.3, 0.4) is 0 Å². The van der Waals surface area contributed by atoms with E-state index in [4.69, 9.17) is 9.47 Å². The largest absolute Gasteiger partial charge is 0.493 e. The molecule has 2 aromatic carbocycles. The third-order valence-corrected chi connectivity index (χ3v) is 3.92. The summed E-state index contributed by atoms with van der Waals surface area (Å²) in [5.41, 5.74) is -0.506. The molecule has 0 spiro atoms. The molecule has 0 aliphatic rings. The minimum atomic E-state index is -4.53. The van der Waals surface area contributed by atoms with E-state index in [2.05, 4.69) is 4.98 Å². The van der Waals surface area contributed by atoms with Crippen molar-refractivity contribution in [1.82, 2.24) is 4.98 Å². The zero-order chi connectivity index (χ0) is 19.8. The van der Waals surface area contributed by atoms with E-state index in [9.17, 15) is 23.3 Å². The topological polar surface area (TPSA) is 74.5 Å². The van der Waals surface area contributed by atoms with Crippen LogP contribution in [0, 0.1) is 17.0 Å². The minimum absolute atomic E-state index is 0.0164. The van der Waals surface area contributed by atoms with Crippen LogP contribution in [-0.4, -0.2) is 17.0 Å². The van der Waals surface area contributed by atoms with Crippen LogP contribution in [0.25, 0.3) is 10.9 Å². The number of hydrogen-bond acceptors (Lipinski definition) is 5. The summed E-state index contributed by atoms with van der Waals surface area (Å²) in [6, 6.07) is 7.09. The SMILES string of the molecule is COc1cc([N+](=O)[O-])c2nccc(C)c2c1Oc1cccc(C(F)(F)F)c1. The number of rotatable bonds is 4. The number of nitrogens with zero attached hydrogens (tertiary/aromatic N) is 2. The number of ether oxygens (including phenoxy) is 2. The second kappa shape index (κ2) is 6.75. The molecule has 0 aliphatic carbocycles. The molecule has 9 heteroatoms. The molecule has 0 amide bonds. The van der Waals surface area contributed by atoms with Gasteiger partial charge in [-0.15, -0.1) is 0 Å². The number of halogens is 3. The van der Waals surface area contributed by atoms with E-state index in [1.807, 2.05) is 0 Å². The van der Waals surface area contributed by atoms with E-state index in [1.165, 1.54) is 25.4 Å². The van der Waals surface area contributed by atoms with Crippen molar-refractivity contribution in [3.8, 4) is 17.2 Å². The van der Waals surface area contributed by atoms with Crippen molar-refractivity contribution in [2.75, 3.05) is 7.11 Å². The highest BCUT2D eigenvalue weighted by molar-refractivity contribution is 5.97. The first-order valence-corrected chi connectivity index (χ1v) is 7.68. The van der Waals surface area contributed by atoms with Crippen molar-refractivity contribution in [3.63, 3.8) is 0 Å². The van der Waals surface area contributed by atoms with Gasteiger partial charge in [0.15, 0.2) is 17.0 Å². The highest BCUT2D eigenvalue weighted by Gasteiger charge is 2.31. The third-order valence-electron chi connectivity index (χ3n) is 3.92. The van der Waals surface area contributed by atoms with Crippen LogP contribution in [0.15, 0.2) is 42.6 Å². The molecule has 0 aliphatic heterocycles. The molecule has 0 unspecified atom stereocenters. The van der Waals surface area contributed by atoms with Crippen LogP contribution in [0.5, 0.6) is 17.2 Å². The van der Waals surface area contributed by atoms with Gasteiger partial charge in [0.1, 0.15) is 5.75 Å². The Morgan fingerprint density at radius 3 is 2.56 bits per heavy atom. The van der Waals surface area contributed by atoms with Crippen LogP contribution in [0.4, 0.5) is 18.9 Å². The fourth-order valence-electron chi connectivity index (χ4n) is 2.67. The summed E-state index contributed by atoms with van der Waals surface area (Å²) in [5, 5.41) is 11.7. The molecule has 0 N–H and O–H groups in total. The Morgan fingerprint density at radius 1 is 1.19 bits per heavy atom. The highest BCUT2D eigenvalue weighted by atomic mass is 19.4. The van der Waals surface area contributed by atoms with E-state index in [0.29, 0.717) is 10.9 Å². The Balaban J connectivity index is 2.23. The molecule has 0 saturated carbocycles. The Bertz CT molecular complexity index is 1040. The predicted octanol–water partition coefficient (Wildman–Crippen LogP) is 5.27. The van der Waals surface area contributed by atoms with Gasteiger partial charge in [-0.3, -0.25) is 10.1 Å². The van der Waals surface area contributed by atoms with Crippen LogP contribution in [0.1, 0.15) is 11.1 Å². The van der Waals surface area contributed by atoms with Crippen molar-refractivity contribution >= 4 is 16.6 Å².